The molecule has 1 heterocycles. The number of hydrogen-bond acceptors (Lipinski definition) is 2. The van der Waals surface area contributed by atoms with E-state index in [0.717, 1.165) is 24.9 Å². The zero-order valence-corrected chi connectivity index (χ0v) is 9.06. The van der Waals surface area contributed by atoms with Crippen LogP contribution in [0.2, 0.25) is 0 Å². The first-order valence-corrected chi connectivity index (χ1v) is 5.91. The predicted molar refractivity (Wildman–Crippen MR) is 58.4 cm³/mol. The van der Waals surface area contributed by atoms with Gasteiger partial charge in [0.05, 0.1) is 0 Å². The second-order valence-corrected chi connectivity index (χ2v) is 4.74. The fourth-order valence-corrected chi connectivity index (χ4v) is 2.93. The molecule has 1 aliphatic carbocycles. The van der Waals surface area contributed by atoms with Crippen molar-refractivity contribution >= 4 is 5.97 Å². The number of aliphatic carboxylic acids is 1. The van der Waals surface area contributed by atoms with Gasteiger partial charge in [-0.1, -0.05) is 19.3 Å². The Morgan fingerprint density at radius 1 is 1.20 bits per heavy atom. The second kappa shape index (κ2) is 4.69. The van der Waals surface area contributed by atoms with Crippen molar-refractivity contribution in [2.75, 3.05) is 13.1 Å². The Bertz CT molecular complexity index is 262. The zero-order chi connectivity index (χ0) is 10.7. The minimum Gasteiger partial charge on any atom is -0.478 e. The van der Waals surface area contributed by atoms with Crippen LogP contribution in [0.4, 0.5) is 0 Å². The summed E-state index contributed by atoms with van der Waals surface area (Å²) in [4.78, 5) is 12.6. The van der Waals surface area contributed by atoms with Gasteiger partial charge in [-0.3, -0.25) is 0 Å². The number of carboxylic acid groups (broad SMARTS) is 1. The number of likely N-dealkylation sites (tertiary alicyclic amines) is 1. The largest absolute Gasteiger partial charge is 0.478 e. The van der Waals surface area contributed by atoms with Crippen molar-refractivity contribution in [2.24, 2.45) is 11.8 Å². The molecule has 1 N–H and O–H groups in total. The molecule has 3 heteroatoms. The number of rotatable bonds is 2. The van der Waals surface area contributed by atoms with Crippen molar-refractivity contribution in [3.8, 4) is 0 Å². The molecule has 0 bridgehead atoms. The van der Waals surface area contributed by atoms with Crippen molar-refractivity contribution < 1.29 is 9.90 Å². The highest BCUT2D eigenvalue weighted by molar-refractivity contribution is 5.79. The third-order valence-electron chi connectivity index (χ3n) is 3.75. The molecule has 2 aliphatic rings. The van der Waals surface area contributed by atoms with E-state index in [1.54, 1.807) is 6.20 Å². The molecule has 2 fully saturated rings. The van der Waals surface area contributed by atoms with E-state index in [1.807, 2.05) is 0 Å². The normalized spacial score (nSPS) is 31.6. The van der Waals surface area contributed by atoms with Crippen molar-refractivity contribution in [1.82, 2.24) is 4.90 Å². The van der Waals surface area contributed by atoms with Crippen LogP contribution in [-0.2, 0) is 4.79 Å². The fraction of sp³-hybridized carbons (Fsp3) is 0.750. The standard InChI is InChI=1S/C12H19NO2/c14-12(15)6-8-13-7-5-10-3-1-2-4-11(10)9-13/h6,8,10-11H,1-5,7,9H2,(H,14,15). The molecule has 0 spiro atoms. The average Bonchev–Trinajstić information content (AvgIpc) is 2.26. The van der Waals surface area contributed by atoms with Gasteiger partial charge in [-0.2, -0.15) is 0 Å². The molecule has 0 aromatic rings. The van der Waals surface area contributed by atoms with Gasteiger partial charge in [0.25, 0.3) is 0 Å². The molecule has 2 rings (SSSR count). The van der Waals surface area contributed by atoms with E-state index in [2.05, 4.69) is 4.90 Å². The van der Waals surface area contributed by atoms with E-state index in [9.17, 15) is 4.79 Å². The van der Waals surface area contributed by atoms with Crippen LogP contribution in [0.3, 0.4) is 0 Å². The molecule has 0 aromatic heterocycles. The fourth-order valence-electron chi connectivity index (χ4n) is 2.93. The van der Waals surface area contributed by atoms with Crippen molar-refractivity contribution in [3.63, 3.8) is 0 Å². The molecule has 0 amide bonds. The summed E-state index contributed by atoms with van der Waals surface area (Å²) in [5.74, 6) is 0.875. The lowest BCUT2D eigenvalue weighted by Crippen LogP contribution is -2.39. The van der Waals surface area contributed by atoms with E-state index in [4.69, 9.17) is 5.11 Å². The quantitative estimate of drug-likeness (QED) is 0.708. The van der Waals surface area contributed by atoms with Crippen LogP contribution in [0.5, 0.6) is 0 Å². The summed E-state index contributed by atoms with van der Waals surface area (Å²) in [6.45, 7) is 2.10. The Balaban J connectivity index is 1.88. The van der Waals surface area contributed by atoms with Crippen LogP contribution < -0.4 is 0 Å². The summed E-state index contributed by atoms with van der Waals surface area (Å²) < 4.78 is 0. The molecule has 84 valence electrons. The topological polar surface area (TPSA) is 40.5 Å². The first-order chi connectivity index (χ1) is 7.25. The number of carbonyl (C=O) groups is 1. The van der Waals surface area contributed by atoms with Gasteiger partial charge >= 0.3 is 5.97 Å². The van der Waals surface area contributed by atoms with Crippen LogP contribution in [0.25, 0.3) is 0 Å². The van der Waals surface area contributed by atoms with Crippen LogP contribution in [0.1, 0.15) is 32.1 Å². The van der Waals surface area contributed by atoms with Crippen LogP contribution in [0.15, 0.2) is 12.3 Å². The first kappa shape index (κ1) is 10.5. The maximum Gasteiger partial charge on any atom is 0.329 e. The summed E-state index contributed by atoms with van der Waals surface area (Å²) in [5, 5.41) is 8.56. The SMILES string of the molecule is O=C(O)C=CN1CCC2CCCCC2C1. The molecular formula is C12H19NO2. The molecule has 2 atom stereocenters. The average molecular weight is 209 g/mol. The smallest absolute Gasteiger partial charge is 0.329 e. The van der Waals surface area contributed by atoms with Gasteiger partial charge in [0, 0.05) is 25.4 Å². The Hall–Kier alpha value is -0.990. The van der Waals surface area contributed by atoms with Gasteiger partial charge in [-0.25, -0.2) is 4.79 Å². The lowest BCUT2D eigenvalue weighted by atomic mass is 9.75. The summed E-state index contributed by atoms with van der Waals surface area (Å²) >= 11 is 0. The molecule has 1 aliphatic heterocycles. The zero-order valence-electron chi connectivity index (χ0n) is 9.06. The van der Waals surface area contributed by atoms with Gasteiger partial charge in [-0.05, 0) is 24.7 Å². The Kier molecular flexibility index (Phi) is 3.29. The molecule has 15 heavy (non-hydrogen) atoms. The monoisotopic (exact) mass is 209 g/mol. The minimum atomic E-state index is -0.847. The van der Waals surface area contributed by atoms with E-state index in [-0.39, 0.29) is 0 Å². The van der Waals surface area contributed by atoms with Crippen LogP contribution in [-0.4, -0.2) is 29.1 Å². The van der Waals surface area contributed by atoms with Gasteiger partial charge < -0.3 is 10.0 Å². The second-order valence-electron chi connectivity index (χ2n) is 4.74. The highest BCUT2D eigenvalue weighted by atomic mass is 16.4. The summed E-state index contributed by atoms with van der Waals surface area (Å²) in [6.07, 6.45) is 9.72. The Morgan fingerprint density at radius 2 is 1.93 bits per heavy atom. The van der Waals surface area contributed by atoms with E-state index < -0.39 is 5.97 Å². The molecular weight excluding hydrogens is 190 g/mol. The van der Waals surface area contributed by atoms with E-state index in [0.29, 0.717) is 0 Å². The van der Waals surface area contributed by atoms with E-state index in [1.165, 1.54) is 38.2 Å². The van der Waals surface area contributed by atoms with Gasteiger partial charge in [0.1, 0.15) is 0 Å². The maximum atomic E-state index is 10.4. The molecule has 1 saturated heterocycles. The maximum absolute atomic E-state index is 10.4. The predicted octanol–water partition coefficient (Wildman–Crippen LogP) is 2.10. The molecule has 0 aromatic carbocycles. The van der Waals surface area contributed by atoms with Crippen LogP contribution >= 0.6 is 0 Å². The molecule has 0 radical (unpaired) electrons. The third kappa shape index (κ3) is 2.74. The van der Waals surface area contributed by atoms with Gasteiger partial charge in [0.15, 0.2) is 0 Å². The summed E-state index contributed by atoms with van der Waals surface area (Å²) in [6, 6.07) is 0. The number of hydrogen-bond donors (Lipinski definition) is 1. The number of nitrogens with zero attached hydrogens (tertiary/aromatic N) is 1. The number of fused-ring (bicyclic) bond motifs is 1. The highest BCUT2D eigenvalue weighted by Gasteiger charge is 2.29. The molecule has 2 unspecified atom stereocenters. The number of piperidine rings is 1. The number of carboxylic acids is 1. The Morgan fingerprint density at radius 3 is 2.67 bits per heavy atom. The van der Waals surface area contributed by atoms with Gasteiger partial charge in [0.2, 0.25) is 0 Å². The van der Waals surface area contributed by atoms with E-state index >= 15 is 0 Å². The van der Waals surface area contributed by atoms with Gasteiger partial charge in [-0.15, -0.1) is 0 Å². The van der Waals surface area contributed by atoms with Crippen molar-refractivity contribution in [3.05, 3.63) is 12.3 Å². The Labute approximate surface area is 90.8 Å². The lowest BCUT2D eigenvalue weighted by molar-refractivity contribution is -0.131. The first-order valence-electron chi connectivity index (χ1n) is 5.91. The lowest BCUT2D eigenvalue weighted by Gasteiger charge is -2.40. The van der Waals surface area contributed by atoms with Crippen molar-refractivity contribution in [2.45, 2.75) is 32.1 Å². The minimum absolute atomic E-state index is 0.811. The third-order valence-corrected chi connectivity index (χ3v) is 3.75. The highest BCUT2D eigenvalue weighted by Crippen LogP contribution is 2.35. The summed E-state index contributed by atoms with van der Waals surface area (Å²) in [7, 11) is 0. The molecule has 1 saturated carbocycles. The van der Waals surface area contributed by atoms with Crippen LogP contribution in [0, 0.1) is 11.8 Å². The molecule has 3 nitrogen and oxygen atoms in total. The summed E-state index contributed by atoms with van der Waals surface area (Å²) in [5.41, 5.74) is 0. The van der Waals surface area contributed by atoms with Crippen molar-refractivity contribution in [1.29, 1.82) is 0 Å².